The Balaban J connectivity index is 1.35. The van der Waals surface area contributed by atoms with E-state index in [-0.39, 0.29) is 11.7 Å². The van der Waals surface area contributed by atoms with E-state index in [1.54, 1.807) is 41.7 Å². The molecule has 1 N–H and O–H groups in total. The number of piperazine rings is 1. The Hall–Kier alpha value is -3.55. The number of carbonyl (C=O) groups is 1. The average molecular weight is 392 g/mol. The fourth-order valence-electron chi connectivity index (χ4n) is 3.23. The number of nitrogens with zero attached hydrogens (tertiary/aromatic N) is 5. The van der Waals surface area contributed by atoms with Gasteiger partial charge in [0.05, 0.1) is 0 Å². The Morgan fingerprint density at radius 2 is 1.83 bits per heavy atom. The van der Waals surface area contributed by atoms with Gasteiger partial charge in [0.1, 0.15) is 11.5 Å². The molecule has 1 aliphatic rings. The summed E-state index contributed by atoms with van der Waals surface area (Å²) < 4.78 is 13.1. The molecule has 0 atom stereocenters. The van der Waals surface area contributed by atoms with Crippen molar-refractivity contribution in [2.45, 2.75) is 6.54 Å². The van der Waals surface area contributed by atoms with Crippen molar-refractivity contribution in [1.82, 2.24) is 19.9 Å². The van der Waals surface area contributed by atoms with Gasteiger partial charge in [0.15, 0.2) is 0 Å². The second kappa shape index (κ2) is 8.64. The molecule has 4 rings (SSSR count). The predicted octanol–water partition coefficient (Wildman–Crippen LogP) is 2.59. The molecule has 7 nitrogen and oxygen atoms in total. The van der Waals surface area contributed by atoms with Crippen LogP contribution in [0.15, 0.2) is 61.1 Å². The number of anilines is 2. The Kier molecular flexibility index (Phi) is 5.60. The second-order valence-electron chi connectivity index (χ2n) is 6.74. The quantitative estimate of drug-likeness (QED) is 0.720. The molecule has 1 saturated heterocycles. The van der Waals surface area contributed by atoms with Crippen molar-refractivity contribution in [3.05, 3.63) is 78.1 Å². The number of benzene rings is 1. The average Bonchev–Trinajstić information content (AvgIpc) is 2.79. The third-order valence-corrected chi connectivity index (χ3v) is 4.81. The van der Waals surface area contributed by atoms with E-state index in [4.69, 9.17) is 0 Å². The molecule has 0 radical (unpaired) electrons. The molecule has 0 bridgehead atoms. The molecule has 1 aliphatic heterocycles. The lowest BCUT2D eigenvalue weighted by molar-refractivity contribution is 0.0741. The zero-order valence-electron chi connectivity index (χ0n) is 15.8. The fourth-order valence-corrected chi connectivity index (χ4v) is 3.23. The van der Waals surface area contributed by atoms with Crippen molar-refractivity contribution in [2.75, 3.05) is 36.4 Å². The van der Waals surface area contributed by atoms with Gasteiger partial charge < -0.3 is 15.1 Å². The lowest BCUT2D eigenvalue weighted by Crippen LogP contribution is -2.49. The largest absolute Gasteiger partial charge is 0.368 e. The highest BCUT2D eigenvalue weighted by Crippen LogP contribution is 2.18. The molecule has 148 valence electrons. The van der Waals surface area contributed by atoms with E-state index in [2.05, 4.69) is 25.2 Å². The first-order chi connectivity index (χ1) is 14.2. The lowest BCUT2D eigenvalue weighted by Gasteiger charge is -2.36. The molecule has 2 aromatic heterocycles. The summed E-state index contributed by atoms with van der Waals surface area (Å²) in [6.45, 7) is 3.07. The van der Waals surface area contributed by atoms with Crippen LogP contribution in [0.2, 0.25) is 0 Å². The number of halogens is 1. The van der Waals surface area contributed by atoms with Gasteiger partial charge in [-0.15, -0.1) is 0 Å². The summed E-state index contributed by atoms with van der Waals surface area (Å²) in [4.78, 5) is 29.4. The highest BCUT2D eigenvalue weighted by Gasteiger charge is 2.23. The van der Waals surface area contributed by atoms with Crippen LogP contribution in [0, 0.1) is 5.82 Å². The first-order valence-electron chi connectivity index (χ1n) is 9.45. The number of carbonyl (C=O) groups excluding carboxylic acids is 1. The SMILES string of the molecule is O=C(c1ccnc(NCc2cccnc2)n1)N1CCN(c2ccc(F)cc2)CC1. The third kappa shape index (κ3) is 4.66. The molecule has 0 spiro atoms. The number of hydrogen-bond acceptors (Lipinski definition) is 6. The molecule has 1 fully saturated rings. The van der Waals surface area contributed by atoms with E-state index in [1.165, 1.54) is 12.1 Å². The summed E-state index contributed by atoms with van der Waals surface area (Å²) in [5, 5.41) is 3.12. The third-order valence-electron chi connectivity index (χ3n) is 4.81. The number of pyridine rings is 1. The molecule has 29 heavy (non-hydrogen) atoms. The number of nitrogens with one attached hydrogen (secondary N) is 1. The van der Waals surface area contributed by atoms with E-state index in [9.17, 15) is 9.18 Å². The van der Waals surface area contributed by atoms with Gasteiger partial charge >= 0.3 is 0 Å². The molecule has 0 aliphatic carbocycles. The number of aromatic nitrogens is 3. The summed E-state index contributed by atoms with van der Waals surface area (Å²) >= 11 is 0. The minimum Gasteiger partial charge on any atom is -0.368 e. The summed E-state index contributed by atoms with van der Waals surface area (Å²) in [6, 6.07) is 11.9. The smallest absolute Gasteiger partial charge is 0.272 e. The number of amides is 1. The minimum atomic E-state index is -0.251. The Morgan fingerprint density at radius 3 is 2.55 bits per heavy atom. The molecule has 0 saturated carbocycles. The topological polar surface area (TPSA) is 74.2 Å². The van der Waals surface area contributed by atoms with Gasteiger partial charge in [0.25, 0.3) is 5.91 Å². The normalized spacial score (nSPS) is 14.0. The van der Waals surface area contributed by atoms with E-state index in [0.29, 0.717) is 44.4 Å². The van der Waals surface area contributed by atoms with E-state index >= 15 is 0 Å². The van der Waals surface area contributed by atoms with Gasteiger partial charge in [-0.1, -0.05) is 6.07 Å². The first kappa shape index (κ1) is 18.8. The van der Waals surface area contributed by atoms with Crippen LogP contribution >= 0.6 is 0 Å². The maximum absolute atomic E-state index is 13.1. The Bertz CT molecular complexity index is 958. The molecule has 1 aromatic carbocycles. The molecule has 0 unspecified atom stereocenters. The summed E-state index contributed by atoms with van der Waals surface area (Å²) in [5.74, 6) is 0.0412. The van der Waals surface area contributed by atoms with Crippen LogP contribution < -0.4 is 10.2 Å². The van der Waals surface area contributed by atoms with Crippen molar-refractivity contribution in [1.29, 1.82) is 0 Å². The van der Waals surface area contributed by atoms with Crippen molar-refractivity contribution in [3.8, 4) is 0 Å². The molecule has 8 heteroatoms. The van der Waals surface area contributed by atoms with Gasteiger partial charge in [-0.3, -0.25) is 9.78 Å². The van der Waals surface area contributed by atoms with Crippen LogP contribution in [0.1, 0.15) is 16.1 Å². The van der Waals surface area contributed by atoms with Crippen LogP contribution in [-0.2, 0) is 6.54 Å². The minimum absolute atomic E-state index is 0.115. The van der Waals surface area contributed by atoms with Gasteiger partial charge in [0.2, 0.25) is 5.95 Å². The zero-order valence-corrected chi connectivity index (χ0v) is 15.8. The number of rotatable bonds is 5. The van der Waals surface area contributed by atoms with E-state index in [1.807, 2.05) is 12.1 Å². The van der Waals surface area contributed by atoms with Gasteiger partial charge in [0, 0.05) is 57.0 Å². The summed E-state index contributed by atoms with van der Waals surface area (Å²) in [5.41, 5.74) is 2.33. The zero-order chi connectivity index (χ0) is 20.1. The summed E-state index contributed by atoms with van der Waals surface area (Å²) in [7, 11) is 0. The van der Waals surface area contributed by atoms with Crippen molar-refractivity contribution >= 4 is 17.5 Å². The van der Waals surface area contributed by atoms with E-state index in [0.717, 1.165) is 11.3 Å². The maximum Gasteiger partial charge on any atom is 0.272 e. The van der Waals surface area contributed by atoms with Crippen molar-refractivity contribution < 1.29 is 9.18 Å². The van der Waals surface area contributed by atoms with Crippen LogP contribution in [0.5, 0.6) is 0 Å². The molecule has 1 amide bonds. The van der Waals surface area contributed by atoms with Crippen molar-refractivity contribution in [3.63, 3.8) is 0 Å². The molecular formula is C21H21FN6O. The second-order valence-corrected chi connectivity index (χ2v) is 6.74. The van der Waals surface area contributed by atoms with E-state index < -0.39 is 0 Å². The highest BCUT2D eigenvalue weighted by atomic mass is 19.1. The van der Waals surface area contributed by atoms with Gasteiger partial charge in [-0.2, -0.15) is 0 Å². The molecule has 3 heterocycles. The monoisotopic (exact) mass is 392 g/mol. The lowest BCUT2D eigenvalue weighted by atomic mass is 10.2. The highest BCUT2D eigenvalue weighted by molar-refractivity contribution is 5.92. The van der Waals surface area contributed by atoms with Crippen LogP contribution in [-0.4, -0.2) is 51.9 Å². The Morgan fingerprint density at radius 1 is 1.03 bits per heavy atom. The van der Waals surface area contributed by atoms with Crippen LogP contribution in [0.25, 0.3) is 0 Å². The molecule has 3 aromatic rings. The van der Waals surface area contributed by atoms with Gasteiger partial charge in [-0.25, -0.2) is 14.4 Å². The van der Waals surface area contributed by atoms with Crippen LogP contribution in [0.4, 0.5) is 16.0 Å². The first-order valence-corrected chi connectivity index (χ1v) is 9.45. The van der Waals surface area contributed by atoms with Gasteiger partial charge in [-0.05, 0) is 42.0 Å². The summed E-state index contributed by atoms with van der Waals surface area (Å²) in [6.07, 6.45) is 5.07. The van der Waals surface area contributed by atoms with Crippen molar-refractivity contribution in [2.24, 2.45) is 0 Å². The molecular weight excluding hydrogens is 371 g/mol. The Labute approximate surface area is 168 Å². The maximum atomic E-state index is 13.1. The standard InChI is InChI=1S/C21H21FN6O/c22-17-3-5-18(6-4-17)27-10-12-28(13-11-27)20(29)19-7-9-24-21(26-19)25-15-16-2-1-8-23-14-16/h1-9,14H,10-13,15H2,(H,24,25,26). The fraction of sp³-hybridized carbons (Fsp3) is 0.238. The predicted molar refractivity (Wildman–Crippen MR) is 108 cm³/mol. The van der Waals surface area contributed by atoms with Crippen LogP contribution in [0.3, 0.4) is 0 Å². The number of hydrogen-bond donors (Lipinski definition) is 1.